The molecule has 3 N–H and O–H groups in total. The van der Waals surface area contributed by atoms with Crippen LogP contribution in [-0.2, 0) is 16.6 Å². The number of anilines is 4. The van der Waals surface area contributed by atoms with Crippen molar-refractivity contribution in [2.75, 3.05) is 68.0 Å². The van der Waals surface area contributed by atoms with Crippen molar-refractivity contribution >= 4 is 63.9 Å². The van der Waals surface area contributed by atoms with Crippen molar-refractivity contribution in [3.63, 3.8) is 0 Å². The summed E-state index contributed by atoms with van der Waals surface area (Å²) in [6.45, 7) is 2.23. The van der Waals surface area contributed by atoms with Crippen LogP contribution in [0.15, 0.2) is 48.7 Å². The van der Waals surface area contributed by atoms with Crippen molar-refractivity contribution < 1.29 is 32.3 Å². The molecular weight excluding hydrogens is 837 g/mol. The molecule has 2 bridgehead atoms. The van der Waals surface area contributed by atoms with Gasteiger partial charge in [-0.05, 0) is 97.7 Å². The van der Waals surface area contributed by atoms with Gasteiger partial charge < -0.3 is 20.4 Å². The molecule has 63 heavy (non-hydrogen) atoms. The van der Waals surface area contributed by atoms with E-state index in [0.29, 0.717) is 60.9 Å². The van der Waals surface area contributed by atoms with Gasteiger partial charge in [0.25, 0.3) is 17.7 Å². The number of carbonyl (C=O) groups is 4. The summed E-state index contributed by atoms with van der Waals surface area (Å²) in [7, 11) is 1.80. The van der Waals surface area contributed by atoms with E-state index >= 15 is 8.78 Å². The maximum atomic E-state index is 16.4. The highest BCUT2D eigenvalue weighted by Gasteiger charge is 2.69. The Labute approximate surface area is 366 Å². The Hall–Kier alpha value is -5.42. The van der Waals surface area contributed by atoms with Crippen LogP contribution in [0.4, 0.5) is 40.8 Å². The normalized spacial score (nSPS) is 28.0. The molecule has 4 aliphatic carbocycles. The van der Waals surface area contributed by atoms with Gasteiger partial charge in [0, 0.05) is 75.3 Å². The molecule has 12 rings (SSSR count). The fraction of sp³-hybridized carbons (Fsp3) is 0.511. The summed E-state index contributed by atoms with van der Waals surface area (Å²) in [4.78, 5) is 62.4. The molecule has 4 aromatic rings. The number of benzene rings is 2. The lowest BCUT2D eigenvalue weighted by molar-refractivity contribution is -0.210. The molecule has 8 aliphatic rings. The Morgan fingerprint density at radius 3 is 2.41 bits per heavy atom. The van der Waals surface area contributed by atoms with E-state index in [4.69, 9.17) is 16.7 Å². The number of nitrogens with zero attached hydrogens (tertiary/aromatic N) is 7. The Balaban J connectivity index is 0.725. The third kappa shape index (κ3) is 6.46. The monoisotopic (exact) mass is 884 g/mol. The number of carbonyl (C=O) groups excluding carboxylic acids is 4. The standard InChI is InChI=1S/C45H48ClF3N10O4/c1-50-32-19-36(54-59-35(20-51-38(32)59)39(61)52-31-18-30(31)47)57-12-7-27-28(3-2-4-33(27)57)43-21-42(22-43,23-43)24-55-14-9-44(45(48,49)25-55)10-15-56(16-11-44)40(62)26-5-6-29(46)34(17-26)58-13-8-37(60)53-41(58)63/h2-6,17,19-20,30-31,50H,7-16,18,21-25H2,1H3,(H,52,61)(H,53,60,63)/t30-,31+,42?,43?/m0/s1. The summed E-state index contributed by atoms with van der Waals surface area (Å²) in [5.74, 6) is -3.33. The molecule has 5 amide bonds. The number of rotatable bonds is 9. The number of piperidine rings is 2. The number of fused-ring (bicyclic) bond motifs is 2. The Kier molecular flexibility index (Phi) is 9.16. The molecule has 0 unspecified atom stereocenters. The molecule has 2 atom stereocenters. The fourth-order valence-electron chi connectivity index (χ4n) is 11.9. The number of imide groups is 1. The molecule has 14 nitrogen and oxygen atoms in total. The number of hydrogen-bond acceptors (Lipinski definition) is 9. The molecule has 7 fully saturated rings. The van der Waals surface area contributed by atoms with E-state index in [0.717, 1.165) is 31.4 Å². The minimum Gasteiger partial charge on any atom is -0.385 e. The SMILES string of the molecule is CNc1cc(N2CCc3c2cccc3C23CC(CN4CCC5(CCN(C(=O)c6ccc(Cl)c(N7CCC(=O)NC7=O)c6)CC5)C(F)(F)C4)(C2)C3)nn2c(C(=O)N[C@@H]3C[C@@H]3F)cnc12. The molecule has 2 aromatic heterocycles. The topological polar surface area (TPSA) is 148 Å². The average Bonchev–Trinajstić information content (AvgIpc) is 3.55. The van der Waals surface area contributed by atoms with Gasteiger partial charge in [0.2, 0.25) is 5.91 Å². The predicted molar refractivity (Wildman–Crippen MR) is 229 cm³/mol. The quantitative estimate of drug-likeness (QED) is 0.182. The summed E-state index contributed by atoms with van der Waals surface area (Å²) in [5.41, 5.74) is 4.66. The number of amides is 5. The highest BCUT2D eigenvalue weighted by molar-refractivity contribution is 6.34. The number of nitrogens with one attached hydrogen (secondary N) is 3. The number of alkyl halides is 3. The molecule has 4 aliphatic heterocycles. The highest BCUT2D eigenvalue weighted by atomic mass is 35.5. The molecule has 1 spiro atoms. The van der Waals surface area contributed by atoms with Crippen LogP contribution < -0.4 is 25.8 Å². The molecule has 2 aromatic carbocycles. The van der Waals surface area contributed by atoms with Crippen molar-refractivity contribution in [3.8, 4) is 0 Å². The van der Waals surface area contributed by atoms with Gasteiger partial charge in [0.05, 0.1) is 35.2 Å². The van der Waals surface area contributed by atoms with Gasteiger partial charge in [-0.1, -0.05) is 23.7 Å². The van der Waals surface area contributed by atoms with Crippen LogP contribution in [0.1, 0.15) is 83.3 Å². The largest absolute Gasteiger partial charge is 0.385 e. The Bertz CT molecular complexity index is 2590. The Morgan fingerprint density at radius 2 is 1.70 bits per heavy atom. The number of likely N-dealkylation sites (tertiary alicyclic amines) is 2. The first-order valence-corrected chi connectivity index (χ1v) is 22.3. The molecule has 330 valence electrons. The first-order valence-electron chi connectivity index (χ1n) is 21.9. The van der Waals surface area contributed by atoms with Crippen LogP contribution in [0.25, 0.3) is 5.65 Å². The second kappa shape index (κ2) is 14.3. The van der Waals surface area contributed by atoms with Gasteiger partial charge in [-0.3, -0.25) is 29.5 Å². The first-order chi connectivity index (χ1) is 30.2. The van der Waals surface area contributed by atoms with Gasteiger partial charge in [0.15, 0.2) is 17.2 Å². The third-order valence-electron chi connectivity index (χ3n) is 15.2. The van der Waals surface area contributed by atoms with E-state index in [2.05, 4.69) is 44.0 Å². The van der Waals surface area contributed by atoms with Crippen LogP contribution in [-0.4, -0.2) is 119 Å². The summed E-state index contributed by atoms with van der Waals surface area (Å²) < 4.78 is 47.8. The van der Waals surface area contributed by atoms with Crippen LogP contribution in [0.5, 0.6) is 0 Å². The lowest BCUT2D eigenvalue weighted by Gasteiger charge is -2.72. The summed E-state index contributed by atoms with van der Waals surface area (Å²) >= 11 is 6.40. The van der Waals surface area contributed by atoms with E-state index in [1.165, 1.54) is 32.8 Å². The molecule has 6 heterocycles. The lowest BCUT2D eigenvalue weighted by atomic mass is 9.33. The van der Waals surface area contributed by atoms with Crippen molar-refractivity contribution in [3.05, 3.63) is 76.1 Å². The zero-order valence-electron chi connectivity index (χ0n) is 34.9. The number of aromatic nitrogens is 3. The maximum Gasteiger partial charge on any atom is 0.328 e. The minimum absolute atomic E-state index is 0.0224. The molecular formula is C45H48ClF3N10O4. The van der Waals surface area contributed by atoms with Crippen molar-refractivity contribution in [1.29, 1.82) is 0 Å². The summed E-state index contributed by atoms with van der Waals surface area (Å²) in [6, 6.07) is 11.9. The first kappa shape index (κ1) is 40.4. The van der Waals surface area contributed by atoms with Gasteiger partial charge >= 0.3 is 6.03 Å². The zero-order chi connectivity index (χ0) is 43.6. The van der Waals surface area contributed by atoms with Crippen LogP contribution in [0.3, 0.4) is 0 Å². The maximum absolute atomic E-state index is 16.4. The predicted octanol–water partition coefficient (Wildman–Crippen LogP) is 6.09. The number of hydrogen-bond donors (Lipinski definition) is 3. The molecule has 0 radical (unpaired) electrons. The van der Waals surface area contributed by atoms with Crippen molar-refractivity contribution in [1.82, 2.24) is 35.0 Å². The molecule has 3 saturated heterocycles. The zero-order valence-corrected chi connectivity index (χ0v) is 35.6. The van der Waals surface area contributed by atoms with Crippen molar-refractivity contribution in [2.24, 2.45) is 10.8 Å². The highest BCUT2D eigenvalue weighted by Crippen LogP contribution is 2.74. The van der Waals surface area contributed by atoms with Gasteiger partial charge in [0.1, 0.15) is 6.17 Å². The molecule has 4 saturated carbocycles. The van der Waals surface area contributed by atoms with Crippen LogP contribution in [0.2, 0.25) is 5.02 Å². The van der Waals surface area contributed by atoms with Gasteiger partial charge in [-0.15, -0.1) is 5.10 Å². The minimum atomic E-state index is -2.90. The number of imidazole rings is 1. The van der Waals surface area contributed by atoms with E-state index in [-0.39, 0.29) is 78.8 Å². The van der Waals surface area contributed by atoms with Crippen molar-refractivity contribution in [2.45, 2.75) is 81.3 Å². The summed E-state index contributed by atoms with van der Waals surface area (Å²) in [5, 5.41) is 13.3. The number of halogens is 4. The average molecular weight is 885 g/mol. The van der Waals surface area contributed by atoms with E-state index in [9.17, 15) is 23.6 Å². The van der Waals surface area contributed by atoms with E-state index in [1.54, 1.807) is 24.1 Å². The second-order valence-corrected chi connectivity index (χ2v) is 19.5. The Morgan fingerprint density at radius 1 is 0.952 bits per heavy atom. The van der Waals surface area contributed by atoms with Gasteiger partial charge in [-0.2, -0.15) is 0 Å². The lowest BCUT2D eigenvalue weighted by Crippen LogP contribution is -2.70. The van der Waals surface area contributed by atoms with Crippen LogP contribution in [0, 0.1) is 10.8 Å². The smallest absolute Gasteiger partial charge is 0.328 e. The molecule has 18 heteroatoms. The number of urea groups is 1. The van der Waals surface area contributed by atoms with E-state index < -0.39 is 35.5 Å². The van der Waals surface area contributed by atoms with Crippen LogP contribution >= 0.6 is 11.6 Å². The van der Waals surface area contributed by atoms with E-state index in [1.807, 2.05) is 11.0 Å². The second-order valence-electron chi connectivity index (χ2n) is 19.1. The summed E-state index contributed by atoms with van der Waals surface area (Å²) in [6.07, 6.45) is 5.39. The van der Waals surface area contributed by atoms with Gasteiger partial charge in [-0.25, -0.2) is 27.5 Å². The third-order valence-corrected chi connectivity index (χ3v) is 15.5. The fourth-order valence-corrected chi connectivity index (χ4v) is 12.1.